The first-order chi connectivity index (χ1) is 19.6. The number of amides is 1. The summed E-state index contributed by atoms with van der Waals surface area (Å²) >= 11 is 0. The third-order valence-electron chi connectivity index (χ3n) is 7.66. The SMILES string of the molecule is O=C(COc1ccc(-c2ncccn2)cc1CN1CCc2ccccc2C1)N1CCN(c2ccc(F)cc2)CC1. The number of nitrogens with zero attached hydrogens (tertiary/aromatic N) is 5. The zero-order chi connectivity index (χ0) is 27.3. The minimum absolute atomic E-state index is 0.0203. The minimum atomic E-state index is -0.247. The van der Waals surface area contributed by atoms with E-state index in [9.17, 15) is 9.18 Å². The molecule has 2 aliphatic heterocycles. The first-order valence-corrected chi connectivity index (χ1v) is 13.7. The van der Waals surface area contributed by atoms with E-state index >= 15 is 0 Å². The summed E-state index contributed by atoms with van der Waals surface area (Å²) in [7, 11) is 0. The van der Waals surface area contributed by atoms with Gasteiger partial charge in [-0.05, 0) is 66.1 Å². The van der Waals surface area contributed by atoms with Crippen molar-refractivity contribution < 1.29 is 13.9 Å². The molecule has 6 rings (SSSR count). The molecule has 0 unspecified atom stereocenters. The second-order valence-corrected chi connectivity index (χ2v) is 10.3. The summed E-state index contributed by atoms with van der Waals surface area (Å²) in [6, 6.07) is 22.9. The minimum Gasteiger partial charge on any atom is -0.483 e. The van der Waals surface area contributed by atoms with Crippen molar-refractivity contribution in [3.8, 4) is 17.1 Å². The number of carbonyl (C=O) groups excluding carboxylic acids is 1. The molecule has 3 aromatic carbocycles. The molecule has 0 N–H and O–H groups in total. The topological polar surface area (TPSA) is 61.8 Å². The van der Waals surface area contributed by atoms with Crippen LogP contribution in [0.4, 0.5) is 10.1 Å². The van der Waals surface area contributed by atoms with E-state index in [1.165, 1.54) is 23.3 Å². The van der Waals surface area contributed by atoms with Gasteiger partial charge in [0.1, 0.15) is 11.6 Å². The molecule has 8 heteroatoms. The molecule has 0 aliphatic carbocycles. The van der Waals surface area contributed by atoms with Crippen LogP contribution in [0, 0.1) is 5.82 Å². The van der Waals surface area contributed by atoms with Crippen molar-refractivity contribution in [1.29, 1.82) is 0 Å². The van der Waals surface area contributed by atoms with Crippen molar-refractivity contribution in [2.24, 2.45) is 0 Å². The lowest BCUT2D eigenvalue weighted by molar-refractivity contribution is -0.133. The van der Waals surface area contributed by atoms with Gasteiger partial charge in [0.15, 0.2) is 12.4 Å². The van der Waals surface area contributed by atoms with Gasteiger partial charge < -0.3 is 14.5 Å². The molecule has 1 amide bonds. The Bertz CT molecular complexity index is 1460. The fraction of sp³-hybridized carbons (Fsp3) is 0.281. The van der Waals surface area contributed by atoms with Gasteiger partial charge in [-0.1, -0.05) is 24.3 Å². The van der Waals surface area contributed by atoms with Crippen LogP contribution in [0.25, 0.3) is 11.4 Å². The van der Waals surface area contributed by atoms with E-state index in [1.807, 2.05) is 17.0 Å². The Hall–Kier alpha value is -4.30. The predicted octanol–water partition coefficient (Wildman–Crippen LogP) is 4.57. The summed E-state index contributed by atoms with van der Waals surface area (Å²) in [5, 5.41) is 0. The number of carbonyl (C=O) groups is 1. The maximum Gasteiger partial charge on any atom is 0.260 e. The third kappa shape index (κ3) is 5.97. The highest BCUT2D eigenvalue weighted by atomic mass is 19.1. The van der Waals surface area contributed by atoms with Gasteiger partial charge in [-0.2, -0.15) is 0 Å². The second kappa shape index (κ2) is 11.8. The molecule has 7 nitrogen and oxygen atoms in total. The zero-order valence-corrected chi connectivity index (χ0v) is 22.4. The maximum atomic E-state index is 13.3. The zero-order valence-electron chi connectivity index (χ0n) is 22.4. The highest BCUT2D eigenvalue weighted by Crippen LogP contribution is 2.28. The monoisotopic (exact) mass is 537 g/mol. The standard InChI is InChI=1S/C32H32FN5O2/c33-28-7-9-29(10-8-28)37-16-18-38(19-17-37)31(39)23-40-30-11-6-25(32-34-13-3-14-35-32)20-27(30)22-36-15-12-24-4-1-2-5-26(24)21-36/h1-11,13-14,20H,12,15-19,21-23H2. The van der Waals surface area contributed by atoms with Gasteiger partial charge in [0, 0.05) is 75.0 Å². The van der Waals surface area contributed by atoms with Crippen molar-refractivity contribution in [3.05, 3.63) is 108 Å². The van der Waals surface area contributed by atoms with Gasteiger partial charge in [0.25, 0.3) is 5.91 Å². The molecule has 40 heavy (non-hydrogen) atoms. The van der Waals surface area contributed by atoms with Gasteiger partial charge in [0.05, 0.1) is 0 Å². The summed E-state index contributed by atoms with van der Waals surface area (Å²) in [5.74, 6) is 1.09. The molecule has 0 atom stereocenters. The van der Waals surface area contributed by atoms with Crippen LogP contribution in [0.3, 0.4) is 0 Å². The van der Waals surface area contributed by atoms with E-state index in [-0.39, 0.29) is 18.3 Å². The van der Waals surface area contributed by atoms with Crippen LogP contribution in [-0.4, -0.2) is 65.0 Å². The number of ether oxygens (including phenoxy) is 1. The summed E-state index contributed by atoms with van der Waals surface area (Å²) in [5.41, 5.74) is 5.67. The normalized spacial score (nSPS) is 15.5. The van der Waals surface area contributed by atoms with Gasteiger partial charge in [-0.3, -0.25) is 9.69 Å². The van der Waals surface area contributed by atoms with E-state index in [0.717, 1.165) is 36.3 Å². The van der Waals surface area contributed by atoms with Gasteiger partial charge in [-0.15, -0.1) is 0 Å². The van der Waals surface area contributed by atoms with Crippen LogP contribution >= 0.6 is 0 Å². The molecule has 3 heterocycles. The van der Waals surface area contributed by atoms with Gasteiger partial charge >= 0.3 is 0 Å². The van der Waals surface area contributed by atoms with Crippen LogP contribution < -0.4 is 9.64 Å². The fourth-order valence-corrected chi connectivity index (χ4v) is 5.46. The van der Waals surface area contributed by atoms with Crippen molar-refractivity contribution in [2.45, 2.75) is 19.5 Å². The predicted molar refractivity (Wildman–Crippen MR) is 152 cm³/mol. The Kier molecular flexibility index (Phi) is 7.68. The van der Waals surface area contributed by atoms with Crippen LogP contribution in [0.5, 0.6) is 5.75 Å². The average Bonchev–Trinajstić information content (AvgIpc) is 3.01. The lowest BCUT2D eigenvalue weighted by Gasteiger charge is -2.36. The third-order valence-corrected chi connectivity index (χ3v) is 7.66. The highest BCUT2D eigenvalue weighted by Gasteiger charge is 2.23. The van der Waals surface area contributed by atoms with Gasteiger partial charge in [-0.25, -0.2) is 14.4 Å². The quantitative estimate of drug-likeness (QED) is 0.344. The van der Waals surface area contributed by atoms with Gasteiger partial charge in [0.2, 0.25) is 0 Å². The van der Waals surface area contributed by atoms with Crippen LogP contribution in [-0.2, 0) is 24.3 Å². The van der Waals surface area contributed by atoms with Crippen molar-refractivity contribution in [3.63, 3.8) is 0 Å². The molecular formula is C32H32FN5O2. The molecule has 2 aliphatic rings. The summed E-state index contributed by atoms with van der Waals surface area (Å²) in [4.78, 5) is 28.3. The molecule has 204 valence electrons. The summed E-state index contributed by atoms with van der Waals surface area (Å²) in [6.45, 7) is 5.12. The number of hydrogen-bond donors (Lipinski definition) is 0. The van der Waals surface area contributed by atoms with E-state index < -0.39 is 0 Å². The van der Waals surface area contributed by atoms with Crippen molar-refractivity contribution in [1.82, 2.24) is 19.8 Å². The first-order valence-electron chi connectivity index (χ1n) is 13.7. The molecule has 1 aromatic heterocycles. The van der Waals surface area contributed by atoms with Crippen LogP contribution in [0.15, 0.2) is 85.2 Å². The number of aromatic nitrogens is 2. The molecule has 1 saturated heterocycles. The number of rotatable bonds is 7. The molecule has 0 radical (unpaired) electrons. The number of piperazine rings is 1. The first kappa shape index (κ1) is 26.0. The molecule has 4 aromatic rings. The van der Waals surface area contributed by atoms with E-state index in [4.69, 9.17) is 4.74 Å². The molecule has 1 fully saturated rings. The molecule has 0 spiro atoms. The van der Waals surface area contributed by atoms with Crippen molar-refractivity contribution >= 4 is 11.6 Å². The lowest BCUT2D eigenvalue weighted by atomic mass is 9.99. The number of anilines is 1. The largest absolute Gasteiger partial charge is 0.483 e. The smallest absolute Gasteiger partial charge is 0.260 e. The molecule has 0 bridgehead atoms. The van der Waals surface area contributed by atoms with E-state index in [1.54, 1.807) is 30.6 Å². The number of benzene rings is 3. The van der Waals surface area contributed by atoms with E-state index in [2.05, 4.69) is 50.1 Å². The Morgan fingerprint density at radius 1 is 0.850 bits per heavy atom. The Balaban J connectivity index is 1.13. The number of fused-ring (bicyclic) bond motifs is 1. The number of hydrogen-bond acceptors (Lipinski definition) is 6. The average molecular weight is 538 g/mol. The second-order valence-electron chi connectivity index (χ2n) is 10.3. The summed E-state index contributed by atoms with van der Waals surface area (Å²) < 4.78 is 19.4. The number of halogens is 1. The van der Waals surface area contributed by atoms with Crippen LogP contribution in [0.1, 0.15) is 16.7 Å². The Morgan fingerprint density at radius 2 is 1.60 bits per heavy atom. The Morgan fingerprint density at radius 3 is 2.38 bits per heavy atom. The Labute approximate surface area is 233 Å². The lowest BCUT2D eigenvalue weighted by Crippen LogP contribution is -2.50. The molecular weight excluding hydrogens is 505 g/mol. The maximum absolute atomic E-state index is 13.3. The fourth-order valence-electron chi connectivity index (χ4n) is 5.46. The highest BCUT2D eigenvalue weighted by molar-refractivity contribution is 5.78. The molecule has 0 saturated carbocycles. The van der Waals surface area contributed by atoms with E-state index in [0.29, 0.717) is 44.3 Å². The van der Waals surface area contributed by atoms with Crippen molar-refractivity contribution in [2.75, 3.05) is 44.2 Å². The summed E-state index contributed by atoms with van der Waals surface area (Å²) in [6.07, 6.45) is 4.49. The van der Waals surface area contributed by atoms with Crippen LogP contribution in [0.2, 0.25) is 0 Å².